The number of carbonyl (C=O) groups excluding carboxylic acids is 2. The molecule has 1 heterocycles. The zero-order chi connectivity index (χ0) is 22.1. The fourth-order valence-electron chi connectivity index (χ4n) is 2.57. The van der Waals surface area contributed by atoms with E-state index in [4.69, 9.17) is 14.2 Å². The number of benzene rings is 1. The van der Waals surface area contributed by atoms with Gasteiger partial charge in [0.15, 0.2) is 11.5 Å². The third kappa shape index (κ3) is 5.61. The Kier molecular flexibility index (Phi) is 8.44. The van der Waals surface area contributed by atoms with Crippen molar-refractivity contribution in [2.75, 3.05) is 25.6 Å². The van der Waals surface area contributed by atoms with Gasteiger partial charge in [0.25, 0.3) is 0 Å². The van der Waals surface area contributed by atoms with Crippen LogP contribution in [0.3, 0.4) is 0 Å². The molecule has 0 bridgehead atoms. The highest BCUT2D eigenvalue weighted by Gasteiger charge is 2.21. The van der Waals surface area contributed by atoms with Gasteiger partial charge in [0.05, 0.1) is 25.9 Å². The van der Waals surface area contributed by atoms with E-state index in [1.54, 1.807) is 39.2 Å². The lowest BCUT2D eigenvalue weighted by molar-refractivity contribution is -0.111. The quantitative estimate of drug-likeness (QED) is 0.465. The molecule has 0 atom stereocenters. The Morgan fingerprint density at radius 3 is 2.67 bits per heavy atom. The first-order chi connectivity index (χ1) is 14.4. The molecule has 1 N–H and O–H groups in total. The number of anilines is 1. The summed E-state index contributed by atoms with van der Waals surface area (Å²) in [7, 11) is 1.55. The molecule has 2 aromatic rings. The lowest BCUT2D eigenvalue weighted by Gasteiger charge is -2.10. The molecule has 1 aromatic carbocycles. The molecule has 2 rings (SSSR count). The second-order valence-corrected chi connectivity index (χ2v) is 7.19. The van der Waals surface area contributed by atoms with Gasteiger partial charge in [-0.25, -0.2) is 4.79 Å². The monoisotopic (exact) mass is 428 g/mol. The van der Waals surface area contributed by atoms with Gasteiger partial charge in [0, 0.05) is 6.08 Å². The van der Waals surface area contributed by atoms with Gasteiger partial charge >= 0.3 is 5.97 Å². The molecule has 7 nitrogen and oxygen atoms in total. The number of carbonyl (C=O) groups is 2. The van der Waals surface area contributed by atoms with Crippen LogP contribution in [0.5, 0.6) is 11.5 Å². The van der Waals surface area contributed by atoms with Gasteiger partial charge in [-0.05, 0) is 49.6 Å². The summed E-state index contributed by atoms with van der Waals surface area (Å²) in [5.74, 6) is 0.282. The smallest absolute Gasteiger partial charge is 0.348 e. The van der Waals surface area contributed by atoms with Crippen molar-refractivity contribution in [3.8, 4) is 17.6 Å². The number of esters is 1. The first-order valence-corrected chi connectivity index (χ1v) is 10.3. The van der Waals surface area contributed by atoms with Crippen molar-refractivity contribution in [2.24, 2.45) is 0 Å². The molecule has 158 valence electrons. The first kappa shape index (κ1) is 23.0. The van der Waals surface area contributed by atoms with Gasteiger partial charge in [-0.2, -0.15) is 5.26 Å². The van der Waals surface area contributed by atoms with E-state index < -0.39 is 11.9 Å². The van der Waals surface area contributed by atoms with Crippen molar-refractivity contribution in [1.29, 1.82) is 5.26 Å². The van der Waals surface area contributed by atoms with Crippen LogP contribution in [0.2, 0.25) is 0 Å². The lowest BCUT2D eigenvalue weighted by atomic mass is 10.1. The van der Waals surface area contributed by atoms with Crippen LogP contribution in [-0.4, -0.2) is 32.2 Å². The van der Waals surface area contributed by atoms with Crippen LogP contribution in [0.15, 0.2) is 24.3 Å². The Hall–Kier alpha value is -3.31. The van der Waals surface area contributed by atoms with Crippen molar-refractivity contribution in [3.05, 3.63) is 45.8 Å². The zero-order valence-electron chi connectivity index (χ0n) is 17.4. The van der Waals surface area contributed by atoms with Crippen molar-refractivity contribution in [3.63, 3.8) is 0 Å². The average Bonchev–Trinajstić information content (AvgIpc) is 3.06. The Bertz CT molecular complexity index is 988. The maximum absolute atomic E-state index is 12.4. The van der Waals surface area contributed by atoms with E-state index in [9.17, 15) is 14.9 Å². The number of nitrogens with one attached hydrogen (secondary N) is 1. The van der Waals surface area contributed by atoms with E-state index in [0.717, 1.165) is 23.3 Å². The molecule has 0 aliphatic carbocycles. The zero-order valence-corrected chi connectivity index (χ0v) is 18.2. The highest BCUT2D eigenvalue weighted by Crippen LogP contribution is 2.33. The molecule has 1 aromatic heterocycles. The molecular formula is C22H24N2O5S. The van der Waals surface area contributed by atoms with Crippen molar-refractivity contribution >= 4 is 34.3 Å². The maximum atomic E-state index is 12.4. The summed E-state index contributed by atoms with van der Waals surface area (Å²) in [6, 6.07) is 7.40. The summed E-state index contributed by atoms with van der Waals surface area (Å²) in [4.78, 5) is 24.7. The van der Waals surface area contributed by atoms with E-state index in [1.165, 1.54) is 6.08 Å². The number of nitrogens with zero attached hydrogens (tertiary/aromatic N) is 1. The minimum Gasteiger partial charge on any atom is -0.493 e. The molecule has 0 aliphatic rings. The number of methoxy groups -OCH3 is 1. The van der Waals surface area contributed by atoms with Crippen molar-refractivity contribution in [2.45, 2.75) is 27.2 Å². The van der Waals surface area contributed by atoms with Gasteiger partial charge in [-0.15, -0.1) is 11.3 Å². The maximum Gasteiger partial charge on any atom is 0.348 e. The molecule has 0 unspecified atom stereocenters. The topological polar surface area (TPSA) is 97.6 Å². The van der Waals surface area contributed by atoms with Gasteiger partial charge in [0.2, 0.25) is 5.91 Å². The van der Waals surface area contributed by atoms with Gasteiger partial charge in [-0.3, -0.25) is 4.79 Å². The summed E-state index contributed by atoms with van der Waals surface area (Å²) < 4.78 is 16.0. The predicted octanol–water partition coefficient (Wildman–Crippen LogP) is 4.55. The number of hydrogen-bond donors (Lipinski definition) is 1. The molecule has 30 heavy (non-hydrogen) atoms. The molecule has 1 amide bonds. The van der Waals surface area contributed by atoms with Gasteiger partial charge < -0.3 is 19.5 Å². The molecular weight excluding hydrogens is 404 g/mol. The van der Waals surface area contributed by atoms with E-state index in [2.05, 4.69) is 5.32 Å². The second-order valence-electron chi connectivity index (χ2n) is 6.17. The second kappa shape index (κ2) is 11.0. The van der Waals surface area contributed by atoms with E-state index in [1.807, 2.05) is 19.1 Å². The van der Waals surface area contributed by atoms with E-state index >= 15 is 0 Å². The highest BCUT2D eigenvalue weighted by atomic mass is 32.1. The van der Waals surface area contributed by atoms with Crippen LogP contribution >= 0.6 is 11.3 Å². The summed E-state index contributed by atoms with van der Waals surface area (Å²) >= 11 is 1.02. The van der Waals surface area contributed by atoms with E-state index in [-0.39, 0.29) is 12.2 Å². The normalized spacial score (nSPS) is 10.5. The fraction of sp³-hybridized carbons (Fsp3) is 0.318. The number of amides is 1. The first-order valence-electron chi connectivity index (χ1n) is 9.45. The standard InChI is InChI=1S/C22H24N2O5S/c1-5-11-29-17-9-7-15(12-18(17)27-4)8-10-19(25)24-21-16(13-23)14(3)20(30-21)22(26)28-6-2/h7-10,12H,5-6,11H2,1-4H3,(H,24,25). The lowest BCUT2D eigenvalue weighted by Crippen LogP contribution is -2.07. The van der Waals surface area contributed by atoms with Crippen LogP contribution in [0.1, 0.15) is 46.6 Å². The summed E-state index contributed by atoms with van der Waals surface area (Å²) in [5, 5.41) is 12.4. The van der Waals surface area contributed by atoms with Gasteiger partial charge in [-0.1, -0.05) is 13.0 Å². The van der Waals surface area contributed by atoms with E-state index in [0.29, 0.717) is 33.5 Å². The molecule has 0 saturated heterocycles. The third-order valence-corrected chi connectivity index (χ3v) is 5.22. The average molecular weight is 429 g/mol. The number of nitriles is 1. The third-order valence-electron chi connectivity index (χ3n) is 4.03. The number of thiophene rings is 1. The van der Waals surface area contributed by atoms with Gasteiger partial charge in [0.1, 0.15) is 15.9 Å². The Morgan fingerprint density at radius 1 is 1.27 bits per heavy atom. The molecule has 0 spiro atoms. The predicted molar refractivity (Wildman–Crippen MR) is 116 cm³/mol. The molecule has 0 aliphatic heterocycles. The van der Waals surface area contributed by atoms with Crippen LogP contribution in [-0.2, 0) is 9.53 Å². The minimum atomic E-state index is -0.509. The Morgan fingerprint density at radius 2 is 2.03 bits per heavy atom. The van der Waals surface area contributed by atoms with Crippen LogP contribution < -0.4 is 14.8 Å². The Labute approximate surface area is 179 Å². The SMILES string of the molecule is CCCOc1ccc(C=CC(=O)Nc2sc(C(=O)OCC)c(C)c2C#N)cc1OC. The highest BCUT2D eigenvalue weighted by molar-refractivity contribution is 7.18. The molecule has 0 radical (unpaired) electrons. The van der Waals surface area contributed by atoms with Crippen LogP contribution in [0.4, 0.5) is 5.00 Å². The van der Waals surface area contributed by atoms with Crippen LogP contribution in [0, 0.1) is 18.3 Å². The fourth-order valence-corrected chi connectivity index (χ4v) is 3.63. The summed E-state index contributed by atoms with van der Waals surface area (Å²) in [6.07, 6.45) is 3.86. The summed E-state index contributed by atoms with van der Waals surface area (Å²) in [5.41, 5.74) is 1.50. The Balaban J connectivity index is 2.16. The number of ether oxygens (including phenoxy) is 3. The minimum absolute atomic E-state index is 0.230. The molecule has 0 fully saturated rings. The summed E-state index contributed by atoms with van der Waals surface area (Å²) in [6.45, 7) is 6.19. The number of hydrogen-bond acceptors (Lipinski definition) is 7. The largest absolute Gasteiger partial charge is 0.493 e. The van der Waals surface area contributed by atoms with Crippen LogP contribution in [0.25, 0.3) is 6.08 Å². The molecule has 0 saturated carbocycles. The van der Waals surface area contributed by atoms with Crippen molar-refractivity contribution in [1.82, 2.24) is 0 Å². The van der Waals surface area contributed by atoms with Crippen molar-refractivity contribution < 1.29 is 23.8 Å². The molecule has 8 heteroatoms. The number of rotatable bonds is 9.